The van der Waals surface area contributed by atoms with Crippen molar-refractivity contribution in [3.63, 3.8) is 0 Å². The Bertz CT molecular complexity index is 148. The van der Waals surface area contributed by atoms with Gasteiger partial charge < -0.3 is 4.74 Å². The van der Waals surface area contributed by atoms with Crippen LogP contribution < -0.4 is 0 Å². The third kappa shape index (κ3) is 4.04. The van der Waals surface area contributed by atoms with Crippen LogP contribution in [0.25, 0.3) is 0 Å². The number of ketones is 1. The Hall–Kier alpha value is -0.880. The van der Waals surface area contributed by atoms with Crippen molar-refractivity contribution in [3.05, 3.63) is 0 Å². The predicted molar refractivity (Wildman–Crippen MR) is 36.3 cm³/mol. The van der Waals surface area contributed by atoms with Crippen molar-refractivity contribution in [1.29, 1.82) is 5.26 Å². The molecule has 0 rings (SSSR count). The van der Waals surface area contributed by atoms with E-state index >= 15 is 0 Å². The minimum Gasteiger partial charge on any atom is -0.383 e. The van der Waals surface area contributed by atoms with E-state index in [-0.39, 0.29) is 11.7 Å². The zero-order valence-corrected chi connectivity index (χ0v) is 6.26. The third-order valence-electron chi connectivity index (χ3n) is 1.08. The van der Waals surface area contributed by atoms with Crippen molar-refractivity contribution < 1.29 is 9.53 Å². The number of methoxy groups -OCH3 is 1. The average molecular weight is 141 g/mol. The first-order valence-corrected chi connectivity index (χ1v) is 3.08. The van der Waals surface area contributed by atoms with Crippen molar-refractivity contribution in [3.8, 4) is 6.07 Å². The summed E-state index contributed by atoms with van der Waals surface area (Å²) in [5.41, 5.74) is 0. The highest BCUT2D eigenvalue weighted by molar-refractivity contribution is 5.76. The molecule has 0 saturated heterocycles. The predicted octanol–water partition coefficient (Wildman–Crippen LogP) is 0.752. The highest BCUT2D eigenvalue weighted by atomic mass is 16.5. The molecule has 0 bridgehead atoms. The van der Waals surface area contributed by atoms with Crippen molar-refractivity contribution in [1.82, 2.24) is 0 Å². The quantitative estimate of drug-likeness (QED) is 0.580. The SMILES string of the molecule is COCC(C#N)CC(C)=O. The molecule has 56 valence electrons. The molecule has 0 aliphatic rings. The maximum absolute atomic E-state index is 10.5. The topological polar surface area (TPSA) is 50.1 Å². The normalized spacial score (nSPS) is 12.1. The van der Waals surface area contributed by atoms with E-state index in [4.69, 9.17) is 10.00 Å². The molecule has 0 radical (unpaired) electrons. The first-order chi connectivity index (χ1) is 4.70. The number of hydrogen-bond acceptors (Lipinski definition) is 3. The van der Waals surface area contributed by atoms with Gasteiger partial charge in [-0.3, -0.25) is 4.79 Å². The van der Waals surface area contributed by atoms with E-state index in [0.29, 0.717) is 13.0 Å². The Kier molecular flexibility index (Phi) is 4.51. The minimum absolute atomic E-state index is 0.0311. The maximum Gasteiger partial charge on any atom is 0.131 e. The van der Waals surface area contributed by atoms with E-state index in [1.807, 2.05) is 6.07 Å². The smallest absolute Gasteiger partial charge is 0.131 e. The van der Waals surface area contributed by atoms with E-state index in [0.717, 1.165) is 0 Å². The number of ether oxygens (including phenoxy) is 1. The van der Waals surface area contributed by atoms with Crippen LogP contribution in [0.2, 0.25) is 0 Å². The summed E-state index contributed by atoms with van der Waals surface area (Å²) in [7, 11) is 1.52. The van der Waals surface area contributed by atoms with Crippen LogP contribution >= 0.6 is 0 Å². The van der Waals surface area contributed by atoms with Crippen LogP contribution in [0.3, 0.4) is 0 Å². The molecule has 0 spiro atoms. The second kappa shape index (κ2) is 4.95. The minimum atomic E-state index is -0.275. The molecule has 0 aliphatic heterocycles. The fourth-order valence-corrected chi connectivity index (χ4v) is 0.690. The fraction of sp³-hybridized carbons (Fsp3) is 0.714. The van der Waals surface area contributed by atoms with Gasteiger partial charge in [-0.1, -0.05) is 0 Å². The van der Waals surface area contributed by atoms with Crippen LogP contribution in [-0.2, 0) is 9.53 Å². The number of nitrogens with zero attached hydrogens (tertiary/aromatic N) is 1. The average Bonchev–Trinajstić information content (AvgIpc) is 1.86. The molecule has 0 amide bonds. The zero-order valence-electron chi connectivity index (χ0n) is 6.26. The number of Topliss-reactive ketones (excluding diaryl/α,β-unsaturated/α-hetero) is 1. The van der Waals surface area contributed by atoms with Gasteiger partial charge in [0.25, 0.3) is 0 Å². The van der Waals surface area contributed by atoms with Gasteiger partial charge in [0.2, 0.25) is 0 Å². The van der Waals surface area contributed by atoms with Crippen LogP contribution in [0.15, 0.2) is 0 Å². The van der Waals surface area contributed by atoms with Gasteiger partial charge in [-0.15, -0.1) is 0 Å². The molecular formula is C7H11NO2. The molecule has 1 atom stereocenters. The van der Waals surface area contributed by atoms with E-state index in [9.17, 15) is 4.79 Å². The molecule has 3 heteroatoms. The molecule has 10 heavy (non-hydrogen) atoms. The van der Waals surface area contributed by atoms with Gasteiger partial charge in [0.05, 0.1) is 18.6 Å². The van der Waals surface area contributed by atoms with E-state index in [1.54, 1.807) is 0 Å². The van der Waals surface area contributed by atoms with Crippen molar-refractivity contribution in [2.75, 3.05) is 13.7 Å². The van der Waals surface area contributed by atoms with E-state index in [1.165, 1.54) is 14.0 Å². The Morgan fingerprint density at radius 3 is 2.70 bits per heavy atom. The van der Waals surface area contributed by atoms with Gasteiger partial charge >= 0.3 is 0 Å². The van der Waals surface area contributed by atoms with E-state index < -0.39 is 0 Å². The molecule has 0 N–H and O–H groups in total. The number of carbonyl (C=O) groups excluding carboxylic acids is 1. The lowest BCUT2D eigenvalue weighted by Gasteiger charge is -2.02. The first-order valence-electron chi connectivity index (χ1n) is 3.08. The van der Waals surface area contributed by atoms with Crippen LogP contribution in [0.5, 0.6) is 0 Å². The van der Waals surface area contributed by atoms with Crippen LogP contribution in [0, 0.1) is 17.2 Å². The summed E-state index contributed by atoms with van der Waals surface area (Å²) in [5, 5.41) is 8.42. The van der Waals surface area contributed by atoms with Crippen LogP contribution in [0.4, 0.5) is 0 Å². The first kappa shape index (κ1) is 9.12. The monoisotopic (exact) mass is 141 g/mol. The summed E-state index contributed by atoms with van der Waals surface area (Å²) >= 11 is 0. The molecule has 0 saturated carbocycles. The van der Waals surface area contributed by atoms with E-state index in [2.05, 4.69) is 0 Å². The lowest BCUT2D eigenvalue weighted by molar-refractivity contribution is -0.117. The summed E-state index contributed by atoms with van der Waals surface area (Å²) in [6, 6.07) is 1.99. The lowest BCUT2D eigenvalue weighted by Crippen LogP contribution is -2.09. The summed E-state index contributed by atoms with van der Waals surface area (Å²) in [6.45, 7) is 1.82. The number of carbonyl (C=O) groups is 1. The largest absolute Gasteiger partial charge is 0.383 e. The molecule has 0 aromatic carbocycles. The number of rotatable bonds is 4. The molecule has 0 aromatic heterocycles. The Morgan fingerprint density at radius 1 is 1.80 bits per heavy atom. The Balaban J connectivity index is 3.63. The van der Waals surface area contributed by atoms with Crippen molar-refractivity contribution in [2.24, 2.45) is 5.92 Å². The fourth-order valence-electron chi connectivity index (χ4n) is 0.690. The van der Waals surface area contributed by atoms with Crippen molar-refractivity contribution >= 4 is 5.78 Å². The molecular weight excluding hydrogens is 130 g/mol. The molecule has 0 fully saturated rings. The molecule has 0 heterocycles. The summed E-state index contributed by atoms with van der Waals surface area (Å²) in [6.07, 6.45) is 0.296. The molecule has 0 aromatic rings. The zero-order chi connectivity index (χ0) is 7.98. The highest BCUT2D eigenvalue weighted by Gasteiger charge is 2.08. The van der Waals surface area contributed by atoms with Gasteiger partial charge in [0, 0.05) is 13.5 Å². The Labute approximate surface area is 60.6 Å². The Morgan fingerprint density at radius 2 is 2.40 bits per heavy atom. The second-order valence-corrected chi connectivity index (χ2v) is 2.19. The summed E-state index contributed by atoms with van der Waals surface area (Å²) in [5.74, 6) is -0.244. The van der Waals surface area contributed by atoms with Crippen LogP contribution in [-0.4, -0.2) is 19.5 Å². The second-order valence-electron chi connectivity index (χ2n) is 2.19. The summed E-state index contributed by atoms with van der Waals surface area (Å²) < 4.78 is 4.72. The van der Waals surface area contributed by atoms with Crippen LogP contribution in [0.1, 0.15) is 13.3 Å². The number of nitriles is 1. The maximum atomic E-state index is 10.5. The number of hydrogen-bond donors (Lipinski definition) is 0. The van der Waals surface area contributed by atoms with Gasteiger partial charge in [0.15, 0.2) is 0 Å². The summed E-state index contributed by atoms with van der Waals surface area (Å²) in [4.78, 5) is 10.5. The molecule has 3 nitrogen and oxygen atoms in total. The third-order valence-corrected chi connectivity index (χ3v) is 1.08. The van der Waals surface area contributed by atoms with Gasteiger partial charge in [-0.05, 0) is 6.92 Å². The standard InChI is InChI=1S/C7H11NO2/c1-6(9)3-7(4-8)5-10-2/h7H,3,5H2,1-2H3. The van der Waals surface area contributed by atoms with Crippen molar-refractivity contribution in [2.45, 2.75) is 13.3 Å². The highest BCUT2D eigenvalue weighted by Crippen LogP contribution is 2.01. The molecule has 0 aliphatic carbocycles. The lowest BCUT2D eigenvalue weighted by atomic mass is 10.1. The van der Waals surface area contributed by atoms with Gasteiger partial charge in [-0.2, -0.15) is 5.26 Å². The van der Waals surface area contributed by atoms with Gasteiger partial charge in [-0.25, -0.2) is 0 Å². The molecule has 1 unspecified atom stereocenters. The van der Waals surface area contributed by atoms with Gasteiger partial charge in [0.1, 0.15) is 5.78 Å².